The number of hydrogen-bond donors (Lipinski definition) is 1. The van der Waals surface area contributed by atoms with Crippen molar-refractivity contribution in [3.05, 3.63) is 23.6 Å². The molecule has 3 nitrogen and oxygen atoms in total. The zero-order valence-electron chi connectivity index (χ0n) is 13.5. The summed E-state index contributed by atoms with van der Waals surface area (Å²) in [6, 6.07) is 2.18. The number of nitrogens with one attached hydrogen (secondary N) is 1. The Bertz CT molecular complexity index is 450. The second-order valence-electron chi connectivity index (χ2n) is 6.22. The van der Waals surface area contributed by atoms with E-state index < -0.39 is 0 Å². The topological polar surface area (TPSA) is 28.2 Å². The molecular formula is C17H28FN3. The second-order valence-corrected chi connectivity index (χ2v) is 6.22. The van der Waals surface area contributed by atoms with E-state index in [0.29, 0.717) is 29.9 Å². The Morgan fingerprint density at radius 3 is 2.86 bits per heavy atom. The monoisotopic (exact) mass is 293 g/mol. The molecule has 1 aromatic rings. The molecule has 1 heterocycles. The maximum Gasteiger partial charge on any atom is 0.170 e. The van der Waals surface area contributed by atoms with Crippen LogP contribution in [0.15, 0.2) is 12.3 Å². The fourth-order valence-corrected chi connectivity index (χ4v) is 3.28. The summed E-state index contributed by atoms with van der Waals surface area (Å²) in [7, 11) is 1.99. The zero-order chi connectivity index (χ0) is 15.2. The smallest absolute Gasteiger partial charge is 0.170 e. The molecule has 4 heteroatoms. The van der Waals surface area contributed by atoms with Gasteiger partial charge in [0.05, 0.1) is 0 Å². The van der Waals surface area contributed by atoms with Crippen LogP contribution in [0.3, 0.4) is 0 Å². The molecule has 118 valence electrons. The van der Waals surface area contributed by atoms with Gasteiger partial charge in [-0.1, -0.05) is 26.7 Å². The predicted molar refractivity (Wildman–Crippen MR) is 86.0 cm³/mol. The van der Waals surface area contributed by atoms with Gasteiger partial charge in [0.1, 0.15) is 0 Å². The van der Waals surface area contributed by atoms with Crippen molar-refractivity contribution in [1.82, 2.24) is 10.3 Å². The van der Waals surface area contributed by atoms with Crippen molar-refractivity contribution in [2.24, 2.45) is 5.92 Å². The van der Waals surface area contributed by atoms with Gasteiger partial charge in [-0.05, 0) is 37.8 Å². The fourth-order valence-electron chi connectivity index (χ4n) is 3.28. The summed E-state index contributed by atoms with van der Waals surface area (Å²) in [4.78, 5) is 6.36. The first-order valence-electron chi connectivity index (χ1n) is 8.22. The first-order chi connectivity index (χ1) is 10.1. The van der Waals surface area contributed by atoms with Crippen molar-refractivity contribution in [2.75, 3.05) is 18.5 Å². The standard InChI is InChI=1S/C17H28FN3/c1-4-10-19-12-14-9-11-20-17(16(14)18)21(3)15-8-6-5-7-13(15)2/h9,11,13,15,19H,4-8,10,12H2,1-3H3. The summed E-state index contributed by atoms with van der Waals surface area (Å²) >= 11 is 0. The summed E-state index contributed by atoms with van der Waals surface area (Å²) < 4.78 is 14.7. The van der Waals surface area contributed by atoms with Crippen molar-refractivity contribution in [1.29, 1.82) is 0 Å². The molecule has 0 saturated heterocycles. The van der Waals surface area contributed by atoms with Gasteiger partial charge < -0.3 is 10.2 Å². The molecule has 0 amide bonds. The minimum atomic E-state index is -0.165. The van der Waals surface area contributed by atoms with Gasteiger partial charge in [-0.25, -0.2) is 9.37 Å². The molecule has 2 unspecified atom stereocenters. The number of rotatable bonds is 6. The van der Waals surface area contributed by atoms with Gasteiger partial charge in [0, 0.05) is 31.4 Å². The third kappa shape index (κ3) is 3.94. The lowest BCUT2D eigenvalue weighted by atomic mass is 9.85. The molecule has 2 atom stereocenters. The number of halogens is 1. The minimum Gasteiger partial charge on any atom is -0.354 e. The molecule has 1 N–H and O–H groups in total. The van der Waals surface area contributed by atoms with E-state index >= 15 is 0 Å². The lowest BCUT2D eigenvalue weighted by Gasteiger charge is -2.37. The average molecular weight is 293 g/mol. The molecule has 0 spiro atoms. The van der Waals surface area contributed by atoms with Crippen LogP contribution in [0.2, 0.25) is 0 Å². The Morgan fingerprint density at radius 2 is 2.14 bits per heavy atom. The van der Waals surface area contributed by atoms with Gasteiger partial charge in [-0.15, -0.1) is 0 Å². The van der Waals surface area contributed by atoms with E-state index in [1.807, 2.05) is 7.05 Å². The van der Waals surface area contributed by atoms with Crippen molar-refractivity contribution in [3.63, 3.8) is 0 Å². The molecule has 21 heavy (non-hydrogen) atoms. The van der Waals surface area contributed by atoms with Crippen molar-refractivity contribution in [3.8, 4) is 0 Å². The third-order valence-corrected chi connectivity index (χ3v) is 4.59. The fraction of sp³-hybridized carbons (Fsp3) is 0.706. The summed E-state index contributed by atoms with van der Waals surface area (Å²) in [5.41, 5.74) is 0.712. The van der Waals surface area contributed by atoms with Crippen molar-refractivity contribution < 1.29 is 4.39 Å². The molecule has 0 aromatic carbocycles. The van der Waals surface area contributed by atoms with E-state index in [0.717, 1.165) is 19.4 Å². The highest BCUT2D eigenvalue weighted by Crippen LogP contribution is 2.31. The number of hydrogen-bond acceptors (Lipinski definition) is 3. The molecule has 1 aliphatic carbocycles. The van der Waals surface area contributed by atoms with E-state index in [-0.39, 0.29) is 5.82 Å². The number of aromatic nitrogens is 1. The molecule has 0 radical (unpaired) electrons. The van der Waals surface area contributed by atoms with Crippen LogP contribution >= 0.6 is 0 Å². The normalized spacial score (nSPS) is 22.3. The van der Waals surface area contributed by atoms with Gasteiger partial charge in [0.25, 0.3) is 0 Å². The Kier molecular flexibility index (Phi) is 5.97. The molecular weight excluding hydrogens is 265 g/mol. The zero-order valence-corrected chi connectivity index (χ0v) is 13.5. The lowest BCUT2D eigenvalue weighted by molar-refractivity contribution is 0.319. The van der Waals surface area contributed by atoms with Crippen LogP contribution < -0.4 is 10.2 Å². The third-order valence-electron chi connectivity index (χ3n) is 4.59. The summed E-state index contributed by atoms with van der Waals surface area (Å²) in [5, 5.41) is 3.26. The van der Waals surface area contributed by atoms with E-state index in [1.54, 1.807) is 12.3 Å². The quantitative estimate of drug-likeness (QED) is 0.810. The highest BCUT2D eigenvalue weighted by atomic mass is 19.1. The second kappa shape index (κ2) is 7.74. The molecule has 1 aromatic heterocycles. The number of anilines is 1. The van der Waals surface area contributed by atoms with Crippen LogP contribution in [0.5, 0.6) is 0 Å². The number of nitrogens with zero attached hydrogens (tertiary/aromatic N) is 2. The first kappa shape index (κ1) is 16.2. The van der Waals surface area contributed by atoms with Crippen LogP contribution in [0.1, 0.15) is 51.5 Å². The van der Waals surface area contributed by atoms with Gasteiger partial charge in [-0.2, -0.15) is 0 Å². The highest BCUT2D eigenvalue weighted by molar-refractivity contribution is 5.43. The Morgan fingerprint density at radius 1 is 1.38 bits per heavy atom. The van der Waals surface area contributed by atoms with Crippen molar-refractivity contribution >= 4 is 5.82 Å². The van der Waals surface area contributed by atoms with Gasteiger partial charge in [-0.3, -0.25) is 0 Å². The maximum atomic E-state index is 14.7. The predicted octanol–water partition coefficient (Wildman–Crippen LogP) is 3.74. The van der Waals surface area contributed by atoms with E-state index in [1.165, 1.54) is 19.3 Å². The van der Waals surface area contributed by atoms with E-state index in [4.69, 9.17) is 0 Å². The molecule has 1 aliphatic rings. The summed E-state index contributed by atoms with van der Waals surface area (Å²) in [6.45, 7) is 5.86. The Balaban J connectivity index is 2.12. The van der Waals surface area contributed by atoms with Crippen LogP contribution in [-0.4, -0.2) is 24.6 Å². The molecule has 2 rings (SSSR count). The SMILES string of the molecule is CCCNCc1ccnc(N(C)C2CCCCC2C)c1F. The van der Waals surface area contributed by atoms with Crippen LogP contribution in [0.25, 0.3) is 0 Å². The molecule has 1 fully saturated rings. The van der Waals surface area contributed by atoms with Crippen LogP contribution in [-0.2, 0) is 6.54 Å². The molecule has 0 bridgehead atoms. The summed E-state index contributed by atoms with van der Waals surface area (Å²) in [5.74, 6) is 0.942. The van der Waals surface area contributed by atoms with Gasteiger partial charge in [0.2, 0.25) is 0 Å². The van der Waals surface area contributed by atoms with Gasteiger partial charge in [0.15, 0.2) is 11.6 Å². The van der Waals surface area contributed by atoms with E-state index in [9.17, 15) is 4.39 Å². The number of pyridine rings is 1. The molecule has 1 saturated carbocycles. The Labute approximate surface area is 127 Å². The first-order valence-corrected chi connectivity index (χ1v) is 8.22. The average Bonchev–Trinajstić information content (AvgIpc) is 2.49. The van der Waals surface area contributed by atoms with E-state index in [2.05, 4.69) is 29.0 Å². The molecule has 0 aliphatic heterocycles. The minimum absolute atomic E-state index is 0.165. The lowest BCUT2D eigenvalue weighted by Crippen LogP contribution is -2.40. The summed E-state index contributed by atoms with van der Waals surface area (Å²) in [6.07, 6.45) is 7.68. The maximum absolute atomic E-state index is 14.7. The van der Waals surface area contributed by atoms with Crippen LogP contribution in [0, 0.1) is 11.7 Å². The highest BCUT2D eigenvalue weighted by Gasteiger charge is 2.27. The largest absolute Gasteiger partial charge is 0.354 e. The van der Waals surface area contributed by atoms with Crippen molar-refractivity contribution in [2.45, 2.75) is 58.5 Å². The Hall–Kier alpha value is -1.16. The van der Waals surface area contributed by atoms with Gasteiger partial charge >= 0.3 is 0 Å². The van der Waals surface area contributed by atoms with Crippen LogP contribution in [0.4, 0.5) is 10.2 Å².